The zero-order valence-corrected chi connectivity index (χ0v) is 31.4. The third kappa shape index (κ3) is 7.59. The number of benzene rings is 1. The highest BCUT2D eigenvalue weighted by atomic mass is 19.3. The molecule has 4 aromatic rings. The molecule has 1 saturated carbocycles. The number of imide groups is 1. The van der Waals surface area contributed by atoms with Crippen molar-refractivity contribution in [2.24, 2.45) is 18.0 Å². The smallest absolute Gasteiger partial charge is 0.329 e. The summed E-state index contributed by atoms with van der Waals surface area (Å²) in [5.41, 5.74) is 2.16. The number of amides is 2. The Kier molecular flexibility index (Phi) is 11.0. The molecule has 7 rings (SSSR count). The fourth-order valence-electron chi connectivity index (χ4n) is 8.56. The number of carbonyl (C=O) groups is 2. The summed E-state index contributed by atoms with van der Waals surface area (Å²) in [6, 6.07) is 5.63. The second-order valence-corrected chi connectivity index (χ2v) is 14.9. The van der Waals surface area contributed by atoms with Gasteiger partial charge in [0.15, 0.2) is 17.7 Å². The normalized spacial score (nSPS) is 22.0. The van der Waals surface area contributed by atoms with Crippen molar-refractivity contribution < 1.29 is 23.5 Å². The molecule has 2 atom stereocenters. The van der Waals surface area contributed by atoms with Gasteiger partial charge in [0.2, 0.25) is 11.8 Å². The molecule has 2 unspecified atom stereocenters. The third-order valence-corrected chi connectivity index (χ3v) is 11.6. The Morgan fingerprint density at radius 3 is 2.53 bits per heavy atom. The molecule has 17 heteroatoms. The first-order valence-electron chi connectivity index (χ1n) is 19.0. The van der Waals surface area contributed by atoms with Crippen LogP contribution in [-0.4, -0.2) is 90.0 Å². The Balaban J connectivity index is 0.923. The number of fused-ring (bicyclic) bond motifs is 1. The average Bonchev–Trinajstić information content (AvgIpc) is 3.86. The van der Waals surface area contributed by atoms with Crippen molar-refractivity contribution in [2.75, 3.05) is 36.9 Å². The number of alkyl halides is 2. The fraction of sp³-hybridized carbons (Fsp3) is 0.526. The van der Waals surface area contributed by atoms with E-state index in [1.165, 1.54) is 15.4 Å². The molecule has 2 aliphatic heterocycles. The van der Waals surface area contributed by atoms with Crippen molar-refractivity contribution in [3.8, 4) is 0 Å². The molecule has 3 aliphatic rings. The Morgan fingerprint density at radius 1 is 1.11 bits per heavy atom. The monoisotopic (exact) mass is 761 g/mol. The zero-order valence-electron chi connectivity index (χ0n) is 31.4. The first-order valence-corrected chi connectivity index (χ1v) is 19.0. The summed E-state index contributed by atoms with van der Waals surface area (Å²) >= 11 is 0. The van der Waals surface area contributed by atoms with E-state index in [4.69, 9.17) is 0 Å². The van der Waals surface area contributed by atoms with Crippen molar-refractivity contribution in [3.05, 3.63) is 58.4 Å². The van der Waals surface area contributed by atoms with E-state index in [0.717, 1.165) is 69.4 Å². The van der Waals surface area contributed by atoms with Gasteiger partial charge in [0.1, 0.15) is 6.04 Å². The van der Waals surface area contributed by atoms with Crippen LogP contribution < -0.4 is 21.2 Å². The summed E-state index contributed by atoms with van der Waals surface area (Å²) in [6.07, 6.45) is 8.28. The number of piperidine rings is 2. The third-order valence-electron chi connectivity index (χ3n) is 11.6. The number of aryl methyl sites for hydroxylation is 1. The van der Waals surface area contributed by atoms with Crippen LogP contribution in [0.5, 0.6) is 0 Å². The van der Waals surface area contributed by atoms with Crippen molar-refractivity contribution in [3.63, 3.8) is 0 Å². The molecule has 1 aliphatic carbocycles. The number of aliphatic hydroxyl groups excluding tert-OH is 1. The molecule has 0 bridgehead atoms. The number of carbonyl (C=O) groups excluding carboxylic acids is 2. The molecule has 2 amide bonds. The lowest BCUT2D eigenvalue weighted by Crippen LogP contribution is -2.45. The van der Waals surface area contributed by atoms with E-state index in [2.05, 4.69) is 49.4 Å². The van der Waals surface area contributed by atoms with E-state index in [9.17, 15) is 28.3 Å². The number of aromatic nitrogens is 6. The van der Waals surface area contributed by atoms with Gasteiger partial charge in [0.25, 0.3) is 6.43 Å². The summed E-state index contributed by atoms with van der Waals surface area (Å²) in [6.45, 7) is 8.06. The van der Waals surface area contributed by atoms with Crippen LogP contribution in [0.25, 0.3) is 17.2 Å². The van der Waals surface area contributed by atoms with Crippen molar-refractivity contribution in [2.45, 2.75) is 89.1 Å². The van der Waals surface area contributed by atoms with Gasteiger partial charge in [-0.25, -0.2) is 23.2 Å². The van der Waals surface area contributed by atoms with Crippen molar-refractivity contribution in [1.29, 1.82) is 0 Å². The van der Waals surface area contributed by atoms with Crippen LogP contribution in [0.4, 0.5) is 26.0 Å². The van der Waals surface area contributed by atoms with Gasteiger partial charge in [-0.2, -0.15) is 10.2 Å². The zero-order chi connectivity index (χ0) is 39.0. The molecule has 15 nitrogen and oxygen atoms in total. The Hall–Kier alpha value is -5.16. The van der Waals surface area contributed by atoms with Crippen LogP contribution >= 0.6 is 0 Å². The minimum atomic E-state index is -2.82. The summed E-state index contributed by atoms with van der Waals surface area (Å²) < 4.78 is 34.4. The number of imidazole rings is 1. The number of rotatable bonds is 12. The highest BCUT2D eigenvalue weighted by molar-refractivity contribution is 6.00. The maximum Gasteiger partial charge on any atom is 0.329 e. The van der Waals surface area contributed by atoms with Gasteiger partial charge in [-0.15, -0.1) is 0 Å². The van der Waals surface area contributed by atoms with Crippen LogP contribution in [0.15, 0.2) is 46.5 Å². The molecule has 3 N–H and O–H groups in total. The van der Waals surface area contributed by atoms with Crippen LogP contribution in [-0.2, 0) is 16.6 Å². The standard InChI is InChI=1S/C38H49F2N11O4/c1-5-16-49-35(41-2)27(20-42-49)36(53)43-28-22-50(45-33(28)34(39)40)25-8-6-23(7-9-25)21-46(3)24-14-17-48(18-15-24)26-10-11-29-31(19-26)47(4)38(55)51(29)30-12-13-32(52)44-37(30)54/h5,10-11,16,19-20,22-25,30,34,36,43,53H,2,6-9,12-15,17-18,21H2,1,3-4H3,(H,44,52,54)/b16-5-/t23-,25-,30?,36?. The second kappa shape index (κ2) is 15.9. The lowest BCUT2D eigenvalue weighted by atomic mass is 9.85. The lowest BCUT2D eigenvalue weighted by Gasteiger charge is -2.40. The number of nitrogens with zero attached hydrogens (tertiary/aromatic N) is 9. The quantitative estimate of drug-likeness (QED) is 0.104. The predicted molar refractivity (Wildman–Crippen MR) is 206 cm³/mol. The second-order valence-electron chi connectivity index (χ2n) is 14.9. The molecule has 0 radical (unpaired) electrons. The highest BCUT2D eigenvalue weighted by Crippen LogP contribution is 2.37. The summed E-state index contributed by atoms with van der Waals surface area (Å²) in [5, 5.41) is 24.5. The molecule has 1 aromatic carbocycles. The fourth-order valence-corrected chi connectivity index (χ4v) is 8.56. The summed E-state index contributed by atoms with van der Waals surface area (Å²) in [5.74, 6) is 0.0390. The SMILES string of the molecule is C=Nc1c(C(O)Nc2cn([C@H]3CC[C@H](CN(C)C4CCN(c5ccc6c(c5)n(C)c(=O)n6C5CCC(=O)NC5=O)CC4)CC3)nc2C(F)F)cnn1/C=C\C. The molecule has 5 heterocycles. The first-order chi connectivity index (χ1) is 26.5. The summed E-state index contributed by atoms with van der Waals surface area (Å²) in [4.78, 5) is 46.2. The molecule has 3 fully saturated rings. The minimum absolute atomic E-state index is 0.0180. The average molecular weight is 762 g/mol. The van der Waals surface area contributed by atoms with Gasteiger partial charge in [-0.3, -0.25) is 28.7 Å². The number of hydrogen-bond donors (Lipinski definition) is 3. The topological polar surface area (TPSA) is 160 Å². The number of hydrogen-bond acceptors (Lipinski definition) is 10. The van der Waals surface area contributed by atoms with Gasteiger partial charge >= 0.3 is 5.69 Å². The van der Waals surface area contributed by atoms with E-state index >= 15 is 0 Å². The number of halogens is 2. The largest absolute Gasteiger partial charge is 0.371 e. The van der Waals surface area contributed by atoms with Gasteiger partial charge in [0.05, 0.1) is 34.5 Å². The van der Waals surface area contributed by atoms with E-state index in [-0.39, 0.29) is 29.7 Å². The van der Waals surface area contributed by atoms with Crippen LogP contribution in [0.3, 0.4) is 0 Å². The molecule has 55 heavy (non-hydrogen) atoms. The lowest BCUT2D eigenvalue weighted by molar-refractivity contribution is -0.135. The molecule has 3 aromatic heterocycles. The highest BCUT2D eigenvalue weighted by Gasteiger charge is 2.33. The first kappa shape index (κ1) is 38.1. The number of aliphatic imine (C=N–C) groups is 1. The number of nitrogens with one attached hydrogen (secondary N) is 2. The van der Waals surface area contributed by atoms with Gasteiger partial charge in [-0.05, 0) is 89.8 Å². The number of anilines is 2. The van der Waals surface area contributed by atoms with Gasteiger partial charge in [0, 0.05) is 57.2 Å². The Morgan fingerprint density at radius 2 is 1.85 bits per heavy atom. The molecular formula is C38H49F2N11O4. The minimum Gasteiger partial charge on any atom is -0.371 e. The maximum atomic E-state index is 14.1. The van der Waals surface area contributed by atoms with E-state index in [1.54, 1.807) is 34.8 Å². The van der Waals surface area contributed by atoms with E-state index in [0.29, 0.717) is 35.3 Å². The summed E-state index contributed by atoms with van der Waals surface area (Å²) in [7, 11) is 3.90. The molecule has 294 valence electrons. The molecule has 0 spiro atoms. The molecular weight excluding hydrogens is 712 g/mol. The Bertz CT molecular complexity index is 2140. The van der Waals surface area contributed by atoms with Gasteiger partial charge in [-0.1, -0.05) is 6.08 Å². The Labute approximate surface area is 317 Å². The van der Waals surface area contributed by atoms with Crippen LogP contribution in [0, 0.1) is 5.92 Å². The number of allylic oxidation sites excluding steroid dienone is 1. The number of aliphatic hydroxyl groups is 1. The van der Waals surface area contributed by atoms with Crippen LogP contribution in [0.1, 0.15) is 94.3 Å². The molecule has 2 saturated heterocycles. The van der Waals surface area contributed by atoms with Crippen molar-refractivity contribution in [1.82, 2.24) is 38.9 Å². The van der Waals surface area contributed by atoms with Gasteiger partial charge < -0.3 is 20.2 Å². The predicted octanol–water partition coefficient (Wildman–Crippen LogP) is 4.91. The van der Waals surface area contributed by atoms with E-state index in [1.807, 2.05) is 25.1 Å². The maximum absolute atomic E-state index is 14.1. The van der Waals surface area contributed by atoms with Crippen molar-refractivity contribution >= 4 is 53.0 Å². The van der Waals surface area contributed by atoms with Crippen LogP contribution in [0.2, 0.25) is 0 Å². The van der Waals surface area contributed by atoms with E-state index < -0.39 is 30.3 Å².